The number of nitrogens with one attached hydrogen (secondary N) is 1. The maximum Gasteiger partial charge on any atom is 0.243 e. The van der Waals surface area contributed by atoms with Gasteiger partial charge in [0, 0.05) is 45.2 Å². The molecule has 1 amide bonds. The molecule has 0 unspecified atom stereocenters. The maximum absolute atomic E-state index is 13.1. The Kier molecular flexibility index (Phi) is 6.59. The van der Waals surface area contributed by atoms with Gasteiger partial charge in [-0.1, -0.05) is 17.7 Å². The first-order valence-corrected chi connectivity index (χ1v) is 10.2. The minimum absolute atomic E-state index is 0.0166. The third-order valence-corrected chi connectivity index (χ3v) is 6.74. The molecule has 6 nitrogen and oxygen atoms in total. The Labute approximate surface area is 151 Å². The zero-order valence-corrected chi connectivity index (χ0v) is 16.4. The Bertz CT molecular complexity index is 710. The molecule has 1 aliphatic heterocycles. The summed E-state index contributed by atoms with van der Waals surface area (Å²) in [5.41, 5.74) is 1.76. The number of hydrogen-bond acceptors (Lipinski definition) is 4. The molecule has 25 heavy (non-hydrogen) atoms. The lowest BCUT2D eigenvalue weighted by Gasteiger charge is -2.30. The Morgan fingerprint density at radius 3 is 2.44 bits per heavy atom. The average molecular weight is 368 g/mol. The molecule has 1 saturated heterocycles. The molecule has 1 aromatic carbocycles. The molecule has 2 rings (SSSR count). The summed E-state index contributed by atoms with van der Waals surface area (Å²) in [5.74, 6) is 0.0166. The van der Waals surface area contributed by atoms with Crippen molar-refractivity contribution in [2.24, 2.45) is 0 Å². The number of aryl methyl sites for hydroxylation is 2. The van der Waals surface area contributed by atoms with Crippen LogP contribution in [-0.4, -0.2) is 62.3 Å². The van der Waals surface area contributed by atoms with Gasteiger partial charge in [0.15, 0.2) is 0 Å². The lowest BCUT2D eigenvalue weighted by atomic mass is 10.2. The van der Waals surface area contributed by atoms with Gasteiger partial charge in [-0.25, -0.2) is 8.42 Å². The van der Waals surface area contributed by atoms with Crippen LogP contribution in [0.4, 0.5) is 0 Å². The predicted molar refractivity (Wildman–Crippen MR) is 99.0 cm³/mol. The monoisotopic (exact) mass is 367 g/mol. The standard InChI is InChI=1S/C18H29N3O3S/c1-14(2)21(10-7-18(22)20-11-8-19-9-12-20)25(23,24)17-6-5-15(3)13-16(17)4/h5-6,13-14,19H,7-12H2,1-4H3. The second-order valence-electron chi connectivity index (χ2n) is 6.86. The molecule has 1 aromatic rings. The van der Waals surface area contributed by atoms with Crippen LogP contribution in [0, 0.1) is 13.8 Å². The molecule has 0 atom stereocenters. The van der Waals surface area contributed by atoms with Crippen molar-refractivity contribution in [1.29, 1.82) is 0 Å². The molecule has 1 N–H and O–H groups in total. The highest BCUT2D eigenvalue weighted by molar-refractivity contribution is 7.89. The van der Waals surface area contributed by atoms with Gasteiger partial charge in [-0.2, -0.15) is 4.31 Å². The first-order valence-electron chi connectivity index (χ1n) is 8.81. The summed E-state index contributed by atoms with van der Waals surface area (Å²) in [6.45, 7) is 10.6. The van der Waals surface area contributed by atoms with Crippen LogP contribution in [0.25, 0.3) is 0 Å². The van der Waals surface area contributed by atoms with Gasteiger partial charge < -0.3 is 10.2 Å². The number of benzene rings is 1. The molecule has 1 fully saturated rings. The maximum atomic E-state index is 13.1. The lowest BCUT2D eigenvalue weighted by Crippen LogP contribution is -2.47. The van der Waals surface area contributed by atoms with Crippen LogP contribution in [0.2, 0.25) is 0 Å². The number of piperazine rings is 1. The third kappa shape index (κ3) is 4.80. The predicted octanol–water partition coefficient (Wildman–Crippen LogP) is 1.52. The van der Waals surface area contributed by atoms with E-state index in [1.54, 1.807) is 11.0 Å². The summed E-state index contributed by atoms with van der Waals surface area (Å²) in [4.78, 5) is 14.5. The summed E-state index contributed by atoms with van der Waals surface area (Å²) >= 11 is 0. The quantitative estimate of drug-likeness (QED) is 0.828. The highest BCUT2D eigenvalue weighted by Gasteiger charge is 2.29. The van der Waals surface area contributed by atoms with E-state index < -0.39 is 10.0 Å². The summed E-state index contributed by atoms with van der Waals surface area (Å²) in [7, 11) is -3.62. The molecule has 140 valence electrons. The van der Waals surface area contributed by atoms with Crippen molar-refractivity contribution < 1.29 is 13.2 Å². The largest absolute Gasteiger partial charge is 0.340 e. The number of sulfonamides is 1. The molecule has 0 aromatic heterocycles. The zero-order valence-electron chi connectivity index (χ0n) is 15.6. The Morgan fingerprint density at radius 2 is 1.88 bits per heavy atom. The van der Waals surface area contributed by atoms with Crippen molar-refractivity contribution >= 4 is 15.9 Å². The fraction of sp³-hybridized carbons (Fsp3) is 0.611. The molecule has 1 aliphatic rings. The fourth-order valence-electron chi connectivity index (χ4n) is 3.15. The summed E-state index contributed by atoms with van der Waals surface area (Å²) in [5, 5.41) is 3.21. The van der Waals surface area contributed by atoms with Crippen LogP contribution in [-0.2, 0) is 14.8 Å². The van der Waals surface area contributed by atoms with E-state index in [-0.39, 0.29) is 24.9 Å². The Balaban J connectivity index is 2.14. The van der Waals surface area contributed by atoms with E-state index >= 15 is 0 Å². The van der Waals surface area contributed by atoms with Crippen LogP contribution in [0.15, 0.2) is 23.1 Å². The summed E-state index contributed by atoms with van der Waals surface area (Å²) < 4.78 is 27.6. The van der Waals surface area contributed by atoms with E-state index in [1.807, 2.05) is 39.8 Å². The van der Waals surface area contributed by atoms with Crippen molar-refractivity contribution in [1.82, 2.24) is 14.5 Å². The number of rotatable bonds is 6. The summed E-state index contributed by atoms with van der Waals surface area (Å²) in [6, 6.07) is 5.14. The second kappa shape index (κ2) is 8.29. The Morgan fingerprint density at radius 1 is 1.24 bits per heavy atom. The van der Waals surface area contributed by atoms with Gasteiger partial charge in [-0.15, -0.1) is 0 Å². The fourth-order valence-corrected chi connectivity index (χ4v) is 4.99. The molecular formula is C18H29N3O3S. The van der Waals surface area contributed by atoms with Gasteiger partial charge in [-0.3, -0.25) is 4.79 Å². The molecule has 0 aliphatic carbocycles. The van der Waals surface area contributed by atoms with Gasteiger partial charge in [0.05, 0.1) is 4.90 Å². The molecule has 0 bridgehead atoms. The second-order valence-corrected chi connectivity index (χ2v) is 8.72. The first-order chi connectivity index (χ1) is 11.7. The molecule has 1 heterocycles. The van der Waals surface area contributed by atoms with E-state index in [0.717, 1.165) is 24.2 Å². The van der Waals surface area contributed by atoms with Crippen molar-refractivity contribution in [2.75, 3.05) is 32.7 Å². The average Bonchev–Trinajstić information content (AvgIpc) is 2.54. The number of nitrogens with zero attached hydrogens (tertiary/aromatic N) is 2. The van der Waals surface area contributed by atoms with Crippen molar-refractivity contribution in [3.63, 3.8) is 0 Å². The van der Waals surface area contributed by atoms with Crippen molar-refractivity contribution in [2.45, 2.75) is 45.1 Å². The lowest BCUT2D eigenvalue weighted by molar-refractivity contribution is -0.131. The van der Waals surface area contributed by atoms with E-state index in [2.05, 4.69) is 5.32 Å². The van der Waals surface area contributed by atoms with Gasteiger partial charge in [0.25, 0.3) is 0 Å². The van der Waals surface area contributed by atoms with E-state index in [9.17, 15) is 13.2 Å². The van der Waals surface area contributed by atoms with Gasteiger partial charge in [0.2, 0.25) is 15.9 Å². The highest BCUT2D eigenvalue weighted by atomic mass is 32.2. The number of amides is 1. The number of carbonyl (C=O) groups excluding carboxylic acids is 1. The third-order valence-electron chi connectivity index (χ3n) is 4.51. The number of carbonyl (C=O) groups is 1. The normalized spacial score (nSPS) is 15.8. The highest BCUT2D eigenvalue weighted by Crippen LogP contribution is 2.23. The van der Waals surface area contributed by atoms with E-state index in [1.165, 1.54) is 4.31 Å². The zero-order chi connectivity index (χ0) is 18.6. The van der Waals surface area contributed by atoms with Gasteiger partial charge in [0.1, 0.15) is 0 Å². The van der Waals surface area contributed by atoms with Crippen LogP contribution in [0.3, 0.4) is 0 Å². The Hall–Kier alpha value is -1.44. The van der Waals surface area contributed by atoms with Crippen molar-refractivity contribution in [3.05, 3.63) is 29.3 Å². The van der Waals surface area contributed by atoms with E-state index in [4.69, 9.17) is 0 Å². The van der Waals surface area contributed by atoms with Gasteiger partial charge in [-0.05, 0) is 39.3 Å². The van der Waals surface area contributed by atoms with E-state index in [0.29, 0.717) is 18.0 Å². The smallest absolute Gasteiger partial charge is 0.243 e. The molecule has 7 heteroatoms. The van der Waals surface area contributed by atoms with Crippen LogP contribution < -0.4 is 5.32 Å². The van der Waals surface area contributed by atoms with Gasteiger partial charge >= 0.3 is 0 Å². The minimum Gasteiger partial charge on any atom is -0.340 e. The van der Waals surface area contributed by atoms with Crippen LogP contribution in [0.1, 0.15) is 31.4 Å². The SMILES string of the molecule is Cc1ccc(S(=O)(=O)N(CCC(=O)N2CCNCC2)C(C)C)c(C)c1. The molecular weight excluding hydrogens is 338 g/mol. The number of hydrogen-bond donors (Lipinski definition) is 1. The molecule has 0 saturated carbocycles. The van der Waals surface area contributed by atoms with Crippen LogP contribution >= 0.6 is 0 Å². The minimum atomic E-state index is -3.62. The first kappa shape index (κ1) is 19.9. The topological polar surface area (TPSA) is 69.7 Å². The van der Waals surface area contributed by atoms with Crippen molar-refractivity contribution in [3.8, 4) is 0 Å². The molecule has 0 spiro atoms. The molecule has 0 radical (unpaired) electrons. The summed E-state index contributed by atoms with van der Waals surface area (Å²) in [6.07, 6.45) is 0.211. The van der Waals surface area contributed by atoms with Crippen LogP contribution in [0.5, 0.6) is 0 Å².